The Morgan fingerprint density at radius 2 is 1.90 bits per heavy atom. The molecule has 0 spiro atoms. The molecule has 1 fully saturated rings. The number of carbonyl (C=O) groups is 1. The third kappa shape index (κ3) is 3.76. The van der Waals surface area contributed by atoms with Crippen molar-refractivity contribution in [1.82, 2.24) is 14.9 Å². The number of nitrogens with zero attached hydrogens (tertiary/aromatic N) is 2. The maximum absolute atomic E-state index is 12.8. The summed E-state index contributed by atoms with van der Waals surface area (Å²) in [5, 5.41) is 4.60. The molecule has 0 radical (unpaired) electrons. The number of hydrogen-bond donors (Lipinski definition) is 1. The quantitative estimate of drug-likeness (QED) is 0.493. The third-order valence-corrected chi connectivity index (χ3v) is 5.47. The van der Waals surface area contributed by atoms with Crippen molar-refractivity contribution >= 4 is 28.4 Å². The zero-order chi connectivity index (χ0) is 19.8. The average molecular weight is 402 g/mol. The SMILES string of the molecule is O=C(NC1CC1)c1cc(Cl)cc2ccn(Cc3ccc(-c4ccccc4)cn3)c12. The van der Waals surface area contributed by atoms with Gasteiger partial charge in [-0.15, -0.1) is 0 Å². The van der Waals surface area contributed by atoms with Gasteiger partial charge in [0.2, 0.25) is 0 Å². The van der Waals surface area contributed by atoms with Crippen LogP contribution in [0.15, 0.2) is 73.1 Å². The summed E-state index contributed by atoms with van der Waals surface area (Å²) in [4.78, 5) is 17.4. The Morgan fingerprint density at radius 1 is 1.07 bits per heavy atom. The summed E-state index contributed by atoms with van der Waals surface area (Å²) < 4.78 is 2.07. The number of rotatable bonds is 5. The van der Waals surface area contributed by atoms with Gasteiger partial charge in [0.05, 0.1) is 23.3 Å². The van der Waals surface area contributed by atoms with Crippen LogP contribution in [0, 0.1) is 0 Å². The minimum absolute atomic E-state index is 0.0627. The standard InChI is InChI=1S/C24H20ClN3O/c25-19-12-17-10-11-28(23(17)22(13-19)24(29)27-20-8-9-20)15-21-7-6-18(14-26-21)16-4-2-1-3-5-16/h1-7,10-14,20H,8-9,15H2,(H,27,29). The first-order valence-electron chi connectivity index (χ1n) is 9.77. The number of nitrogens with one attached hydrogen (secondary N) is 1. The van der Waals surface area contributed by atoms with Gasteiger partial charge in [-0.2, -0.15) is 0 Å². The van der Waals surface area contributed by atoms with Gasteiger partial charge in [-0.3, -0.25) is 9.78 Å². The molecular formula is C24H20ClN3O. The molecule has 1 N–H and O–H groups in total. The second-order valence-electron chi connectivity index (χ2n) is 7.49. The van der Waals surface area contributed by atoms with Crippen molar-refractivity contribution < 1.29 is 4.79 Å². The lowest BCUT2D eigenvalue weighted by Gasteiger charge is -2.11. The van der Waals surface area contributed by atoms with E-state index in [2.05, 4.69) is 33.1 Å². The lowest BCUT2D eigenvalue weighted by atomic mass is 10.1. The number of aromatic nitrogens is 2. The molecule has 2 aromatic carbocycles. The van der Waals surface area contributed by atoms with Crippen molar-refractivity contribution in [2.24, 2.45) is 0 Å². The molecule has 1 aliphatic carbocycles. The van der Waals surface area contributed by atoms with Gasteiger partial charge in [0.15, 0.2) is 0 Å². The van der Waals surface area contributed by atoms with Crippen molar-refractivity contribution in [2.45, 2.75) is 25.4 Å². The van der Waals surface area contributed by atoms with Crippen LogP contribution in [0.4, 0.5) is 0 Å². The van der Waals surface area contributed by atoms with Crippen LogP contribution < -0.4 is 5.32 Å². The molecule has 0 aliphatic heterocycles. The summed E-state index contributed by atoms with van der Waals surface area (Å²) in [6.45, 7) is 0.587. The van der Waals surface area contributed by atoms with Crippen molar-refractivity contribution in [3.05, 3.63) is 89.3 Å². The molecule has 5 heteroatoms. The molecule has 0 bridgehead atoms. The van der Waals surface area contributed by atoms with E-state index in [9.17, 15) is 4.79 Å². The molecule has 144 valence electrons. The van der Waals surface area contributed by atoms with E-state index in [0.717, 1.165) is 40.6 Å². The Bertz CT molecular complexity index is 1180. The summed E-state index contributed by atoms with van der Waals surface area (Å²) in [5.74, 6) is -0.0627. The smallest absolute Gasteiger partial charge is 0.253 e. The highest BCUT2D eigenvalue weighted by Crippen LogP contribution is 2.28. The first-order valence-corrected chi connectivity index (χ1v) is 10.1. The zero-order valence-electron chi connectivity index (χ0n) is 15.8. The third-order valence-electron chi connectivity index (χ3n) is 5.25. The maximum Gasteiger partial charge on any atom is 0.253 e. The normalized spacial score (nSPS) is 13.6. The molecule has 1 saturated carbocycles. The number of carbonyl (C=O) groups excluding carboxylic acids is 1. The van der Waals surface area contributed by atoms with Crippen LogP contribution in [0.1, 0.15) is 28.9 Å². The van der Waals surface area contributed by atoms with Gasteiger partial charge in [0, 0.05) is 34.4 Å². The van der Waals surface area contributed by atoms with E-state index < -0.39 is 0 Å². The van der Waals surface area contributed by atoms with Gasteiger partial charge in [-0.05, 0) is 42.7 Å². The average Bonchev–Trinajstić information content (AvgIpc) is 3.47. The van der Waals surface area contributed by atoms with Gasteiger partial charge >= 0.3 is 0 Å². The van der Waals surface area contributed by atoms with E-state index >= 15 is 0 Å². The summed E-state index contributed by atoms with van der Waals surface area (Å²) in [6.07, 6.45) is 5.98. The number of benzene rings is 2. The van der Waals surface area contributed by atoms with Crippen LogP contribution in [-0.4, -0.2) is 21.5 Å². The lowest BCUT2D eigenvalue weighted by molar-refractivity contribution is 0.0952. The number of halogens is 1. The Morgan fingerprint density at radius 3 is 2.62 bits per heavy atom. The highest BCUT2D eigenvalue weighted by Gasteiger charge is 2.25. The van der Waals surface area contributed by atoms with Gasteiger partial charge < -0.3 is 9.88 Å². The van der Waals surface area contributed by atoms with E-state index in [-0.39, 0.29) is 5.91 Å². The Kier molecular flexibility index (Phi) is 4.57. The molecule has 2 aromatic heterocycles. The molecule has 1 amide bonds. The topological polar surface area (TPSA) is 46.9 Å². The Labute approximate surface area is 174 Å². The molecule has 0 atom stereocenters. The predicted molar refractivity (Wildman–Crippen MR) is 116 cm³/mol. The monoisotopic (exact) mass is 401 g/mol. The van der Waals surface area contributed by atoms with Crippen molar-refractivity contribution in [3.63, 3.8) is 0 Å². The van der Waals surface area contributed by atoms with Crippen LogP contribution in [0.2, 0.25) is 5.02 Å². The molecular weight excluding hydrogens is 382 g/mol. The second-order valence-corrected chi connectivity index (χ2v) is 7.92. The molecule has 0 unspecified atom stereocenters. The van der Waals surface area contributed by atoms with E-state index in [1.807, 2.05) is 48.8 Å². The number of pyridine rings is 1. The van der Waals surface area contributed by atoms with Gasteiger partial charge in [0.25, 0.3) is 5.91 Å². The van der Waals surface area contributed by atoms with Crippen molar-refractivity contribution in [3.8, 4) is 11.1 Å². The lowest BCUT2D eigenvalue weighted by Crippen LogP contribution is -2.26. The molecule has 5 rings (SSSR count). The van der Waals surface area contributed by atoms with E-state index in [1.165, 1.54) is 0 Å². The van der Waals surface area contributed by atoms with Gasteiger partial charge in [-0.25, -0.2) is 0 Å². The number of hydrogen-bond acceptors (Lipinski definition) is 2. The fraction of sp³-hybridized carbons (Fsp3) is 0.167. The summed E-state index contributed by atoms with van der Waals surface area (Å²) in [7, 11) is 0. The number of fused-ring (bicyclic) bond motifs is 1. The van der Waals surface area contributed by atoms with Crippen molar-refractivity contribution in [1.29, 1.82) is 0 Å². The largest absolute Gasteiger partial charge is 0.349 e. The number of amides is 1. The van der Waals surface area contributed by atoms with E-state index in [4.69, 9.17) is 11.6 Å². The van der Waals surface area contributed by atoms with Gasteiger partial charge in [-0.1, -0.05) is 48.0 Å². The van der Waals surface area contributed by atoms with Crippen LogP contribution >= 0.6 is 11.6 Å². The molecule has 29 heavy (non-hydrogen) atoms. The minimum atomic E-state index is -0.0627. The Hall–Kier alpha value is -3.11. The molecule has 2 heterocycles. The fourth-order valence-electron chi connectivity index (χ4n) is 3.60. The molecule has 4 nitrogen and oxygen atoms in total. The van der Waals surface area contributed by atoms with Crippen LogP contribution in [-0.2, 0) is 6.54 Å². The maximum atomic E-state index is 12.8. The van der Waals surface area contributed by atoms with Crippen LogP contribution in [0.25, 0.3) is 22.0 Å². The Balaban J connectivity index is 1.46. The second kappa shape index (κ2) is 7.37. The first-order chi connectivity index (χ1) is 14.2. The van der Waals surface area contributed by atoms with E-state index in [0.29, 0.717) is 23.2 Å². The molecule has 0 saturated heterocycles. The predicted octanol–water partition coefficient (Wildman–Crippen LogP) is 5.30. The van der Waals surface area contributed by atoms with Crippen LogP contribution in [0.5, 0.6) is 0 Å². The minimum Gasteiger partial charge on any atom is -0.349 e. The molecule has 4 aromatic rings. The van der Waals surface area contributed by atoms with Gasteiger partial charge in [0.1, 0.15) is 0 Å². The van der Waals surface area contributed by atoms with Crippen molar-refractivity contribution in [2.75, 3.05) is 0 Å². The summed E-state index contributed by atoms with van der Waals surface area (Å²) in [6, 6.07) is 20.3. The van der Waals surface area contributed by atoms with Crippen LogP contribution in [0.3, 0.4) is 0 Å². The highest BCUT2D eigenvalue weighted by atomic mass is 35.5. The zero-order valence-corrected chi connectivity index (χ0v) is 16.6. The first kappa shape index (κ1) is 18.0. The molecule has 1 aliphatic rings. The highest BCUT2D eigenvalue weighted by molar-refractivity contribution is 6.32. The summed E-state index contributed by atoms with van der Waals surface area (Å²) >= 11 is 6.26. The van der Waals surface area contributed by atoms with E-state index in [1.54, 1.807) is 6.07 Å². The summed E-state index contributed by atoms with van der Waals surface area (Å²) in [5.41, 5.74) is 4.67. The fourth-order valence-corrected chi connectivity index (χ4v) is 3.83.